The molecule has 1 atom stereocenters. The second-order valence-electron chi connectivity index (χ2n) is 4.49. The van der Waals surface area contributed by atoms with Crippen LogP contribution >= 0.6 is 0 Å². The summed E-state index contributed by atoms with van der Waals surface area (Å²) in [6.45, 7) is 7.37. The van der Waals surface area contributed by atoms with E-state index in [1.54, 1.807) is 0 Å². The van der Waals surface area contributed by atoms with Gasteiger partial charge in [0.15, 0.2) is 0 Å². The van der Waals surface area contributed by atoms with E-state index >= 15 is 0 Å². The summed E-state index contributed by atoms with van der Waals surface area (Å²) < 4.78 is 0. The van der Waals surface area contributed by atoms with Crippen LogP contribution in [0.3, 0.4) is 0 Å². The summed E-state index contributed by atoms with van der Waals surface area (Å²) in [5.74, 6) is 0. The number of rotatable bonds is 7. The molecule has 0 bridgehead atoms. The van der Waals surface area contributed by atoms with Crippen LogP contribution in [0.2, 0.25) is 0 Å². The highest BCUT2D eigenvalue weighted by atomic mass is 16.3. The lowest BCUT2D eigenvalue weighted by atomic mass is 9.87. The zero-order chi connectivity index (χ0) is 11.0. The van der Waals surface area contributed by atoms with E-state index in [4.69, 9.17) is 10.4 Å². The Morgan fingerprint density at radius 1 is 1.50 bits per heavy atom. The van der Waals surface area contributed by atoms with Crippen molar-refractivity contribution in [3.05, 3.63) is 0 Å². The summed E-state index contributed by atoms with van der Waals surface area (Å²) in [4.78, 5) is 0. The number of nitrogens with one attached hydrogen (secondary N) is 1. The van der Waals surface area contributed by atoms with Gasteiger partial charge in [-0.05, 0) is 18.3 Å². The molecule has 3 heteroatoms. The van der Waals surface area contributed by atoms with Crippen molar-refractivity contribution in [1.29, 1.82) is 5.26 Å². The molecular formula is C11H22N2O. The van der Waals surface area contributed by atoms with Gasteiger partial charge in [-0.15, -0.1) is 0 Å². The molecule has 0 fully saturated rings. The van der Waals surface area contributed by atoms with Crippen LogP contribution in [0, 0.1) is 16.7 Å². The van der Waals surface area contributed by atoms with E-state index in [1.807, 2.05) is 0 Å². The summed E-state index contributed by atoms with van der Waals surface area (Å²) >= 11 is 0. The van der Waals surface area contributed by atoms with Crippen molar-refractivity contribution in [2.45, 2.75) is 46.1 Å². The van der Waals surface area contributed by atoms with Crippen molar-refractivity contribution in [2.24, 2.45) is 5.41 Å². The van der Waals surface area contributed by atoms with Gasteiger partial charge in [-0.2, -0.15) is 5.26 Å². The average molecular weight is 198 g/mol. The van der Waals surface area contributed by atoms with Gasteiger partial charge in [0.25, 0.3) is 0 Å². The minimum absolute atomic E-state index is 0.137. The van der Waals surface area contributed by atoms with Crippen molar-refractivity contribution >= 4 is 0 Å². The quantitative estimate of drug-likeness (QED) is 0.654. The first-order valence-electron chi connectivity index (χ1n) is 5.27. The van der Waals surface area contributed by atoms with E-state index < -0.39 is 0 Å². The Morgan fingerprint density at radius 2 is 2.14 bits per heavy atom. The Balaban J connectivity index is 3.79. The van der Waals surface area contributed by atoms with Gasteiger partial charge < -0.3 is 10.4 Å². The van der Waals surface area contributed by atoms with Crippen molar-refractivity contribution in [3.8, 4) is 6.07 Å². The van der Waals surface area contributed by atoms with Gasteiger partial charge in [-0.1, -0.05) is 20.8 Å². The maximum absolute atomic E-state index is 8.98. The molecule has 0 saturated heterocycles. The molecule has 0 spiro atoms. The van der Waals surface area contributed by atoms with Crippen LogP contribution in [0.15, 0.2) is 0 Å². The maximum atomic E-state index is 8.98. The Morgan fingerprint density at radius 3 is 2.57 bits per heavy atom. The highest BCUT2D eigenvalue weighted by Gasteiger charge is 2.18. The SMILES string of the molecule is CCC(CO)NCC(C)(C)CCC#N. The van der Waals surface area contributed by atoms with Crippen LogP contribution in [0.25, 0.3) is 0 Å². The van der Waals surface area contributed by atoms with Crippen molar-refractivity contribution in [3.63, 3.8) is 0 Å². The first kappa shape index (κ1) is 13.4. The molecule has 0 aromatic rings. The molecule has 0 aliphatic rings. The molecule has 1 unspecified atom stereocenters. The number of nitriles is 1. The Labute approximate surface area is 87.1 Å². The second-order valence-corrected chi connectivity index (χ2v) is 4.49. The number of nitrogens with zero attached hydrogens (tertiary/aromatic N) is 1. The predicted molar refractivity (Wildman–Crippen MR) is 57.8 cm³/mol. The van der Waals surface area contributed by atoms with Crippen molar-refractivity contribution < 1.29 is 5.11 Å². The van der Waals surface area contributed by atoms with Gasteiger partial charge in [0.1, 0.15) is 0 Å². The third-order valence-corrected chi connectivity index (χ3v) is 2.50. The topological polar surface area (TPSA) is 56.0 Å². The largest absolute Gasteiger partial charge is 0.395 e. The molecule has 0 amide bonds. The van der Waals surface area contributed by atoms with E-state index in [9.17, 15) is 0 Å². The van der Waals surface area contributed by atoms with Gasteiger partial charge in [0.05, 0.1) is 12.7 Å². The van der Waals surface area contributed by atoms with Crippen LogP contribution in [0.1, 0.15) is 40.0 Å². The lowest BCUT2D eigenvalue weighted by Crippen LogP contribution is -2.38. The smallest absolute Gasteiger partial charge is 0.0621 e. The third kappa shape index (κ3) is 5.95. The zero-order valence-electron chi connectivity index (χ0n) is 9.51. The van der Waals surface area contributed by atoms with Crippen molar-refractivity contribution in [2.75, 3.05) is 13.2 Å². The zero-order valence-corrected chi connectivity index (χ0v) is 9.51. The molecule has 0 aliphatic carbocycles. The summed E-state index contributed by atoms with van der Waals surface area (Å²) in [6, 6.07) is 2.35. The van der Waals surface area contributed by atoms with Gasteiger partial charge in [-0.3, -0.25) is 0 Å². The molecule has 0 aliphatic heterocycles. The molecule has 0 rings (SSSR count). The first-order chi connectivity index (χ1) is 6.55. The number of hydrogen-bond donors (Lipinski definition) is 2. The summed E-state index contributed by atoms with van der Waals surface area (Å²) in [6.07, 6.45) is 2.44. The molecule has 3 nitrogen and oxygen atoms in total. The predicted octanol–water partition coefficient (Wildman–Crippen LogP) is 1.68. The maximum Gasteiger partial charge on any atom is 0.0621 e. The number of aliphatic hydroxyl groups excluding tert-OH is 1. The van der Waals surface area contributed by atoms with Gasteiger partial charge in [0.2, 0.25) is 0 Å². The Hall–Kier alpha value is -0.590. The number of hydrogen-bond acceptors (Lipinski definition) is 3. The van der Waals surface area contributed by atoms with Gasteiger partial charge >= 0.3 is 0 Å². The Bertz CT molecular complexity index is 180. The van der Waals surface area contributed by atoms with Crippen LogP contribution in [-0.2, 0) is 0 Å². The first-order valence-corrected chi connectivity index (χ1v) is 5.27. The molecule has 0 heterocycles. The summed E-state index contributed by atoms with van der Waals surface area (Å²) in [5.41, 5.74) is 0.137. The van der Waals surface area contributed by atoms with Crippen LogP contribution in [0.4, 0.5) is 0 Å². The lowest BCUT2D eigenvalue weighted by Gasteiger charge is -2.26. The highest BCUT2D eigenvalue weighted by molar-refractivity contribution is 4.80. The van der Waals surface area contributed by atoms with Gasteiger partial charge in [-0.25, -0.2) is 0 Å². The third-order valence-electron chi connectivity index (χ3n) is 2.50. The molecule has 2 N–H and O–H groups in total. The van der Waals surface area contributed by atoms with Crippen LogP contribution in [-0.4, -0.2) is 24.3 Å². The lowest BCUT2D eigenvalue weighted by molar-refractivity contribution is 0.216. The average Bonchev–Trinajstić information content (AvgIpc) is 2.16. The molecule has 0 radical (unpaired) electrons. The molecule has 0 saturated carbocycles. The van der Waals surface area contributed by atoms with Crippen molar-refractivity contribution in [1.82, 2.24) is 5.32 Å². The minimum atomic E-state index is 0.137. The molecule has 0 aromatic carbocycles. The normalized spacial score (nSPS) is 13.6. The standard InChI is InChI=1S/C11H22N2O/c1-4-10(8-14)13-9-11(2,3)6-5-7-12/h10,13-14H,4-6,8-9H2,1-3H3. The second kappa shape index (κ2) is 6.80. The fourth-order valence-corrected chi connectivity index (χ4v) is 1.24. The molecule has 14 heavy (non-hydrogen) atoms. The molecular weight excluding hydrogens is 176 g/mol. The minimum Gasteiger partial charge on any atom is -0.395 e. The fraction of sp³-hybridized carbons (Fsp3) is 0.909. The van der Waals surface area contributed by atoms with E-state index in [0.29, 0.717) is 6.42 Å². The van der Waals surface area contributed by atoms with Crippen LogP contribution in [0.5, 0.6) is 0 Å². The molecule has 0 aromatic heterocycles. The van der Waals surface area contributed by atoms with Crippen LogP contribution < -0.4 is 5.32 Å². The fourth-order valence-electron chi connectivity index (χ4n) is 1.24. The van der Waals surface area contributed by atoms with E-state index in [0.717, 1.165) is 19.4 Å². The van der Waals surface area contributed by atoms with Gasteiger partial charge in [0, 0.05) is 19.0 Å². The summed E-state index contributed by atoms with van der Waals surface area (Å²) in [5, 5.41) is 20.8. The summed E-state index contributed by atoms with van der Waals surface area (Å²) in [7, 11) is 0. The molecule has 82 valence electrons. The highest BCUT2D eigenvalue weighted by Crippen LogP contribution is 2.20. The monoisotopic (exact) mass is 198 g/mol. The van der Waals surface area contributed by atoms with E-state index in [-0.39, 0.29) is 18.1 Å². The number of aliphatic hydroxyl groups is 1. The Kier molecular flexibility index (Phi) is 6.52. The van der Waals surface area contributed by atoms with E-state index in [2.05, 4.69) is 32.2 Å². The van der Waals surface area contributed by atoms with E-state index in [1.165, 1.54) is 0 Å².